The van der Waals surface area contributed by atoms with Gasteiger partial charge in [0, 0.05) is 0 Å². The second kappa shape index (κ2) is 6.38. The van der Waals surface area contributed by atoms with Crippen LogP contribution in [0.3, 0.4) is 0 Å². The first-order valence-electron chi connectivity index (χ1n) is 5.76. The zero-order valence-corrected chi connectivity index (χ0v) is 12.0. The van der Waals surface area contributed by atoms with Gasteiger partial charge in [0.1, 0.15) is 11.5 Å². The number of Topliss-reactive ketones (excluding diaryl/α,β-unsaturated/α-hetero) is 1. The van der Waals surface area contributed by atoms with E-state index in [0.717, 1.165) is 4.47 Å². The summed E-state index contributed by atoms with van der Waals surface area (Å²) in [5.41, 5.74) is 0.525. The Kier molecular flexibility index (Phi) is 4.58. The fraction of sp³-hybridized carbons (Fsp3) is 0.133. The predicted molar refractivity (Wildman–Crippen MR) is 77.0 cm³/mol. The summed E-state index contributed by atoms with van der Waals surface area (Å²) >= 11 is 3.37. The molecule has 0 bridgehead atoms. The van der Waals surface area contributed by atoms with Crippen molar-refractivity contribution >= 4 is 21.7 Å². The zero-order valence-electron chi connectivity index (χ0n) is 10.4. The van der Waals surface area contributed by atoms with E-state index in [1.54, 1.807) is 31.4 Å². The molecule has 0 amide bonds. The number of rotatable bonds is 5. The molecule has 0 aliphatic heterocycles. The summed E-state index contributed by atoms with van der Waals surface area (Å²) in [5, 5.41) is 0. The van der Waals surface area contributed by atoms with Gasteiger partial charge in [0.2, 0.25) is 5.78 Å². The van der Waals surface area contributed by atoms with E-state index in [0.29, 0.717) is 17.1 Å². The maximum absolute atomic E-state index is 12.1. The van der Waals surface area contributed by atoms with Gasteiger partial charge in [-0.3, -0.25) is 4.79 Å². The van der Waals surface area contributed by atoms with Crippen LogP contribution in [-0.4, -0.2) is 19.5 Å². The third-order valence-electron chi connectivity index (χ3n) is 2.60. The van der Waals surface area contributed by atoms with Crippen molar-refractivity contribution in [1.29, 1.82) is 0 Å². The largest absolute Gasteiger partial charge is 0.496 e. The van der Waals surface area contributed by atoms with E-state index < -0.39 is 0 Å². The molecule has 0 saturated carbocycles. The predicted octanol–water partition coefficient (Wildman–Crippen LogP) is 3.72. The van der Waals surface area contributed by atoms with Gasteiger partial charge in [0.05, 0.1) is 17.1 Å². The summed E-state index contributed by atoms with van der Waals surface area (Å²) in [6, 6.07) is 14.5. The van der Waals surface area contributed by atoms with Gasteiger partial charge in [-0.15, -0.1) is 0 Å². The van der Waals surface area contributed by atoms with Crippen LogP contribution in [0.4, 0.5) is 0 Å². The molecule has 0 spiro atoms. The number of hydrogen-bond donors (Lipinski definition) is 0. The lowest BCUT2D eigenvalue weighted by Gasteiger charge is -2.09. The average molecular weight is 321 g/mol. The van der Waals surface area contributed by atoms with Gasteiger partial charge in [-0.2, -0.15) is 0 Å². The second-order valence-electron chi connectivity index (χ2n) is 3.84. The highest BCUT2D eigenvalue weighted by Gasteiger charge is 2.12. The standard InChI is InChI=1S/C15H13BrO3/c1-18-14-8-4-2-6-11(14)13(17)10-19-15-9-5-3-7-12(15)16/h2-9H,10H2,1H3. The van der Waals surface area contributed by atoms with Crippen molar-refractivity contribution in [3.63, 3.8) is 0 Å². The van der Waals surface area contributed by atoms with Crippen LogP contribution in [0.5, 0.6) is 11.5 Å². The van der Waals surface area contributed by atoms with E-state index in [9.17, 15) is 4.79 Å². The number of ether oxygens (including phenoxy) is 2. The Morgan fingerprint density at radius 2 is 1.68 bits per heavy atom. The van der Waals surface area contributed by atoms with Gasteiger partial charge in [-0.1, -0.05) is 24.3 Å². The summed E-state index contributed by atoms with van der Waals surface area (Å²) in [6.45, 7) is -0.0248. The quantitative estimate of drug-likeness (QED) is 0.788. The highest BCUT2D eigenvalue weighted by atomic mass is 79.9. The van der Waals surface area contributed by atoms with Crippen molar-refractivity contribution < 1.29 is 14.3 Å². The first kappa shape index (κ1) is 13.6. The molecule has 3 nitrogen and oxygen atoms in total. The van der Waals surface area contributed by atoms with Crippen LogP contribution in [0.25, 0.3) is 0 Å². The molecule has 2 aromatic carbocycles. The number of carbonyl (C=O) groups is 1. The highest BCUT2D eigenvalue weighted by Crippen LogP contribution is 2.24. The van der Waals surface area contributed by atoms with Crippen LogP contribution in [0, 0.1) is 0 Å². The molecular weight excluding hydrogens is 308 g/mol. The number of para-hydroxylation sites is 2. The fourth-order valence-electron chi connectivity index (χ4n) is 1.66. The van der Waals surface area contributed by atoms with E-state index in [1.165, 1.54) is 0 Å². The number of hydrogen-bond acceptors (Lipinski definition) is 3. The van der Waals surface area contributed by atoms with Crippen LogP contribution in [-0.2, 0) is 0 Å². The monoisotopic (exact) mass is 320 g/mol. The van der Waals surface area contributed by atoms with Crippen molar-refractivity contribution in [3.8, 4) is 11.5 Å². The lowest BCUT2D eigenvalue weighted by Crippen LogP contribution is -2.12. The van der Waals surface area contributed by atoms with Gasteiger partial charge < -0.3 is 9.47 Å². The third-order valence-corrected chi connectivity index (χ3v) is 3.26. The molecule has 4 heteroatoms. The van der Waals surface area contributed by atoms with Crippen LogP contribution in [0.2, 0.25) is 0 Å². The molecule has 0 radical (unpaired) electrons. The number of methoxy groups -OCH3 is 1. The summed E-state index contributed by atoms with van der Waals surface area (Å²) in [5.74, 6) is 1.09. The zero-order chi connectivity index (χ0) is 13.7. The van der Waals surface area contributed by atoms with Crippen molar-refractivity contribution in [2.45, 2.75) is 0 Å². The second-order valence-corrected chi connectivity index (χ2v) is 4.70. The smallest absolute Gasteiger partial charge is 0.203 e. The topological polar surface area (TPSA) is 35.5 Å². The van der Waals surface area contributed by atoms with E-state index in [4.69, 9.17) is 9.47 Å². The molecule has 0 aliphatic rings. The highest BCUT2D eigenvalue weighted by molar-refractivity contribution is 9.10. The van der Waals surface area contributed by atoms with E-state index in [2.05, 4.69) is 15.9 Å². The minimum Gasteiger partial charge on any atom is -0.496 e. The van der Waals surface area contributed by atoms with Crippen molar-refractivity contribution in [2.75, 3.05) is 13.7 Å². The van der Waals surface area contributed by atoms with Gasteiger partial charge >= 0.3 is 0 Å². The van der Waals surface area contributed by atoms with E-state index in [1.807, 2.05) is 24.3 Å². The molecule has 0 fully saturated rings. The van der Waals surface area contributed by atoms with Gasteiger partial charge in [0.25, 0.3) is 0 Å². The van der Waals surface area contributed by atoms with Gasteiger partial charge in [-0.25, -0.2) is 0 Å². The molecule has 0 saturated heterocycles. The third kappa shape index (κ3) is 3.35. The Hall–Kier alpha value is -1.81. The number of ketones is 1. The first-order valence-corrected chi connectivity index (χ1v) is 6.55. The lowest BCUT2D eigenvalue weighted by atomic mass is 10.1. The van der Waals surface area contributed by atoms with Crippen LogP contribution >= 0.6 is 15.9 Å². The molecule has 2 aromatic rings. The Bertz CT molecular complexity index is 581. The Morgan fingerprint density at radius 1 is 1.05 bits per heavy atom. The van der Waals surface area contributed by atoms with E-state index >= 15 is 0 Å². The molecule has 0 aliphatic carbocycles. The molecule has 0 aromatic heterocycles. The molecular formula is C15H13BrO3. The van der Waals surface area contributed by atoms with Crippen molar-refractivity contribution in [3.05, 3.63) is 58.6 Å². The first-order chi connectivity index (χ1) is 9.22. The Labute approximate surface area is 120 Å². The average Bonchev–Trinajstić information content (AvgIpc) is 2.46. The Balaban J connectivity index is 2.08. The van der Waals surface area contributed by atoms with Crippen LogP contribution in [0.1, 0.15) is 10.4 Å². The van der Waals surface area contributed by atoms with Gasteiger partial charge in [0.15, 0.2) is 6.61 Å². The van der Waals surface area contributed by atoms with Crippen molar-refractivity contribution in [2.24, 2.45) is 0 Å². The normalized spacial score (nSPS) is 10.0. The number of carbonyl (C=O) groups excluding carboxylic acids is 1. The molecule has 0 atom stereocenters. The molecule has 0 heterocycles. The summed E-state index contributed by atoms with van der Waals surface area (Å²) in [6.07, 6.45) is 0. The van der Waals surface area contributed by atoms with Crippen LogP contribution in [0.15, 0.2) is 53.0 Å². The number of benzene rings is 2. The number of halogens is 1. The fourth-order valence-corrected chi connectivity index (χ4v) is 2.06. The molecule has 19 heavy (non-hydrogen) atoms. The van der Waals surface area contributed by atoms with E-state index in [-0.39, 0.29) is 12.4 Å². The van der Waals surface area contributed by atoms with Gasteiger partial charge in [-0.05, 0) is 40.2 Å². The minimum atomic E-state index is -0.117. The molecule has 0 unspecified atom stereocenters. The molecule has 98 valence electrons. The summed E-state index contributed by atoms with van der Waals surface area (Å²) < 4.78 is 11.5. The Morgan fingerprint density at radius 3 is 2.37 bits per heavy atom. The maximum atomic E-state index is 12.1. The lowest BCUT2D eigenvalue weighted by molar-refractivity contribution is 0.0918. The van der Waals surface area contributed by atoms with Crippen molar-refractivity contribution in [1.82, 2.24) is 0 Å². The maximum Gasteiger partial charge on any atom is 0.203 e. The SMILES string of the molecule is COc1ccccc1C(=O)COc1ccccc1Br. The summed E-state index contributed by atoms with van der Waals surface area (Å²) in [4.78, 5) is 12.1. The van der Waals surface area contributed by atoms with Crippen LogP contribution < -0.4 is 9.47 Å². The molecule has 2 rings (SSSR count). The summed E-state index contributed by atoms with van der Waals surface area (Å²) in [7, 11) is 1.54. The minimum absolute atomic E-state index is 0.0248. The molecule has 0 N–H and O–H groups in total.